The third-order valence-corrected chi connectivity index (χ3v) is 9.50. The third-order valence-electron chi connectivity index (χ3n) is 9.50. The highest BCUT2D eigenvalue weighted by Crippen LogP contribution is 2.30. The van der Waals surface area contributed by atoms with Gasteiger partial charge in [-0.3, -0.25) is 0 Å². The summed E-state index contributed by atoms with van der Waals surface area (Å²) in [6.45, 7) is 6.52. The second-order valence-electron chi connectivity index (χ2n) is 12.1. The summed E-state index contributed by atoms with van der Waals surface area (Å²) in [6, 6.07) is 45.5. The average Bonchev–Trinajstić information content (AvgIpc) is 3.07. The monoisotopic (exact) mass is 548 g/mol. The molecular weight excluding hydrogens is 508 g/mol. The van der Waals surface area contributed by atoms with Crippen LogP contribution in [-0.4, -0.2) is 13.1 Å². The molecule has 5 aromatic rings. The van der Waals surface area contributed by atoms with Crippen molar-refractivity contribution in [2.45, 2.75) is 51.6 Å². The second kappa shape index (κ2) is 11.9. The molecule has 0 aromatic heterocycles. The first kappa shape index (κ1) is 26.6. The lowest BCUT2D eigenvalue weighted by Gasteiger charge is -2.31. The van der Waals surface area contributed by atoms with Crippen molar-refractivity contribution in [1.29, 1.82) is 0 Å². The molecule has 1 unspecified atom stereocenters. The molecule has 2 nitrogen and oxygen atoms in total. The molecule has 5 aromatic carbocycles. The highest BCUT2D eigenvalue weighted by molar-refractivity contribution is 5.52. The predicted molar refractivity (Wildman–Crippen MR) is 177 cm³/mol. The van der Waals surface area contributed by atoms with Crippen LogP contribution in [0.2, 0.25) is 0 Å². The zero-order chi connectivity index (χ0) is 28.3. The van der Waals surface area contributed by atoms with Gasteiger partial charge < -0.3 is 9.80 Å². The Morgan fingerprint density at radius 1 is 0.476 bits per heavy atom. The summed E-state index contributed by atoms with van der Waals surface area (Å²) in [5, 5.41) is 0. The topological polar surface area (TPSA) is 6.48 Å². The van der Waals surface area contributed by atoms with Gasteiger partial charge in [0.1, 0.15) is 0 Å². The van der Waals surface area contributed by atoms with Crippen molar-refractivity contribution in [2.75, 3.05) is 22.9 Å². The molecule has 0 saturated carbocycles. The van der Waals surface area contributed by atoms with Crippen LogP contribution >= 0.6 is 0 Å². The molecule has 0 saturated heterocycles. The number of nitrogens with zero attached hydrogens (tertiary/aromatic N) is 2. The zero-order valence-corrected chi connectivity index (χ0v) is 24.7. The van der Waals surface area contributed by atoms with E-state index in [1.54, 1.807) is 0 Å². The fourth-order valence-corrected chi connectivity index (χ4v) is 6.73. The first-order valence-electron chi connectivity index (χ1n) is 15.6. The minimum Gasteiger partial charge on any atom is -0.367 e. The van der Waals surface area contributed by atoms with Gasteiger partial charge in [-0.25, -0.2) is 0 Å². The number of hydrogen-bond acceptors (Lipinski definition) is 2. The number of rotatable bonds is 7. The summed E-state index contributed by atoms with van der Waals surface area (Å²) >= 11 is 0. The lowest BCUT2D eigenvalue weighted by atomic mass is 9.91. The van der Waals surface area contributed by atoms with Crippen LogP contribution in [0.15, 0.2) is 121 Å². The Kier molecular flexibility index (Phi) is 7.53. The summed E-state index contributed by atoms with van der Waals surface area (Å²) in [7, 11) is 0. The highest BCUT2D eigenvalue weighted by Gasteiger charge is 2.18. The van der Waals surface area contributed by atoms with Crippen LogP contribution in [-0.2, 0) is 38.8 Å². The minimum absolute atomic E-state index is 0.379. The third kappa shape index (κ3) is 5.72. The number of aryl methyl sites for hydroxylation is 2. The Morgan fingerprint density at radius 2 is 0.857 bits per heavy atom. The summed E-state index contributed by atoms with van der Waals surface area (Å²) in [6.07, 6.45) is 4.39. The number of hydrogen-bond donors (Lipinski definition) is 0. The van der Waals surface area contributed by atoms with Crippen LogP contribution in [0.25, 0.3) is 0 Å². The summed E-state index contributed by atoms with van der Waals surface area (Å²) in [4.78, 5) is 5.01. The second-order valence-corrected chi connectivity index (χ2v) is 12.1. The molecular formula is C40H40N2. The SMILES string of the molecule is CC(c1ccc(CCc2ccc(N3CCc4ccccc4C3)cc2)cc1)c1ccc(N2CCc3ccccc3C2)cc1. The first-order valence-corrected chi connectivity index (χ1v) is 15.6. The van der Waals surface area contributed by atoms with Gasteiger partial charge in [0, 0.05) is 43.5 Å². The van der Waals surface area contributed by atoms with E-state index in [1.807, 2.05) is 0 Å². The molecule has 2 aliphatic rings. The molecule has 0 amide bonds. The molecule has 2 heteroatoms. The standard InChI is InChI=1S/C40H40N2/c1-30(34-18-22-40(23-19-34)42-27-25-36-7-3-5-9-38(36)29-42)33-16-12-31(13-17-33)10-11-32-14-20-39(21-15-32)41-26-24-35-6-2-4-8-37(35)28-41/h2-9,12-23,30H,10-11,24-29H2,1H3. The van der Waals surface area contributed by atoms with E-state index < -0.39 is 0 Å². The molecule has 1 atom stereocenters. The Morgan fingerprint density at radius 3 is 1.33 bits per heavy atom. The molecule has 2 heterocycles. The largest absolute Gasteiger partial charge is 0.367 e. The maximum Gasteiger partial charge on any atom is 0.0432 e. The number of anilines is 2. The van der Waals surface area contributed by atoms with E-state index in [9.17, 15) is 0 Å². The molecule has 0 N–H and O–H groups in total. The number of benzene rings is 5. The minimum atomic E-state index is 0.379. The Hall–Kier alpha value is -4.30. The van der Waals surface area contributed by atoms with Crippen molar-refractivity contribution in [2.24, 2.45) is 0 Å². The molecule has 210 valence electrons. The van der Waals surface area contributed by atoms with Gasteiger partial charge in [-0.05, 0) is 94.5 Å². The van der Waals surface area contributed by atoms with Gasteiger partial charge in [0.25, 0.3) is 0 Å². The van der Waals surface area contributed by atoms with Crippen LogP contribution in [0.1, 0.15) is 57.3 Å². The lowest BCUT2D eigenvalue weighted by Crippen LogP contribution is -2.30. The van der Waals surface area contributed by atoms with Crippen molar-refractivity contribution in [3.05, 3.63) is 166 Å². The summed E-state index contributed by atoms with van der Waals surface area (Å²) in [5.41, 5.74) is 14.2. The molecule has 0 aliphatic carbocycles. The van der Waals surface area contributed by atoms with Crippen molar-refractivity contribution in [3.8, 4) is 0 Å². The zero-order valence-electron chi connectivity index (χ0n) is 24.7. The Bertz CT molecular complexity index is 1630. The van der Waals surface area contributed by atoms with Gasteiger partial charge in [-0.15, -0.1) is 0 Å². The molecule has 2 aliphatic heterocycles. The molecule has 7 rings (SSSR count). The van der Waals surface area contributed by atoms with E-state index in [0.717, 1.165) is 51.9 Å². The van der Waals surface area contributed by atoms with Gasteiger partial charge in [0.2, 0.25) is 0 Å². The molecule has 0 radical (unpaired) electrons. The van der Waals surface area contributed by atoms with E-state index >= 15 is 0 Å². The average molecular weight is 549 g/mol. The van der Waals surface area contributed by atoms with Gasteiger partial charge in [-0.1, -0.05) is 104 Å². The first-order chi connectivity index (χ1) is 20.7. The van der Waals surface area contributed by atoms with Crippen LogP contribution < -0.4 is 9.80 Å². The van der Waals surface area contributed by atoms with Crippen LogP contribution in [0.4, 0.5) is 11.4 Å². The van der Waals surface area contributed by atoms with Gasteiger partial charge in [0.05, 0.1) is 0 Å². The van der Waals surface area contributed by atoms with Gasteiger partial charge >= 0.3 is 0 Å². The molecule has 0 fully saturated rings. The summed E-state index contributed by atoms with van der Waals surface area (Å²) < 4.78 is 0. The van der Waals surface area contributed by atoms with Gasteiger partial charge in [0.15, 0.2) is 0 Å². The Labute approximate surface area is 251 Å². The number of fused-ring (bicyclic) bond motifs is 2. The van der Waals surface area contributed by atoms with Crippen LogP contribution in [0.5, 0.6) is 0 Å². The van der Waals surface area contributed by atoms with Gasteiger partial charge in [-0.2, -0.15) is 0 Å². The highest BCUT2D eigenvalue weighted by atomic mass is 15.1. The van der Waals surface area contributed by atoms with Crippen molar-refractivity contribution in [3.63, 3.8) is 0 Å². The quantitative estimate of drug-likeness (QED) is 0.201. The van der Waals surface area contributed by atoms with E-state index in [0.29, 0.717) is 5.92 Å². The maximum absolute atomic E-state index is 2.51. The normalized spacial score (nSPS) is 15.2. The van der Waals surface area contributed by atoms with Crippen LogP contribution in [0.3, 0.4) is 0 Å². The van der Waals surface area contributed by atoms with E-state index in [1.165, 1.54) is 55.9 Å². The fourth-order valence-electron chi connectivity index (χ4n) is 6.73. The molecule has 0 bridgehead atoms. The van der Waals surface area contributed by atoms with E-state index in [4.69, 9.17) is 0 Å². The van der Waals surface area contributed by atoms with Crippen molar-refractivity contribution in [1.82, 2.24) is 0 Å². The van der Waals surface area contributed by atoms with Crippen molar-refractivity contribution >= 4 is 11.4 Å². The molecule has 42 heavy (non-hydrogen) atoms. The fraction of sp³-hybridized carbons (Fsp3) is 0.250. The summed E-state index contributed by atoms with van der Waals surface area (Å²) in [5.74, 6) is 0.379. The predicted octanol–water partition coefficient (Wildman–Crippen LogP) is 8.75. The van der Waals surface area contributed by atoms with Crippen molar-refractivity contribution < 1.29 is 0 Å². The van der Waals surface area contributed by atoms with E-state index in [2.05, 4.69) is 138 Å². The van der Waals surface area contributed by atoms with E-state index in [-0.39, 0.29) is 0 Å². The molecule has 0 spiro atoms. The van der Waals surface area contributed by atoms with Crippen LogP contribution in [0, 0.1) is 0 Å². The smallest absolute Gasteiger partial charge is 0.0432 e. The lowest BCUT2D eigenvalue weighted by molar-refractivity contribution is 0.731. The Balaban J connectivity index is 0.932. The maximum atomic E-state index is 2.51.